The van der Waals surface area contributed by atoms with Gasteiger partial charge in [-0.15, -0.1) is 6.42 Å². The highest BCUT2D eigenvalue weighted by atomic mass is 31.2. The number of anilines is 1. The number of hydrogen-bond acceptors (Lipinski definition) is 14. The van der Waals surface area contributed by atoms with Gasteiger partial charge in [0.1, 0.15) is 47.6 Å². The number of fused-ring (bicyclic) bond motifs is 1. The number of carbonyl (C=O) groups is 2. The Morgan fingerprint density at radius 3 is 1.78 bits per heavy atom. The Morgan fingerprint density at radius 2 is 1.23 bits per heavy atom. The van der Waals surface area contributed by atoms with Gasteiger partial charge in [0.2, 0.25) is 0 Å². The number of aliphatic carboxylic acids is 1. The molecular formula is C71H72FN6O11P. The van der Waals surface area contributed by atoms with E-state index in [2.05, 4.69) is 33.2 Å². The van der Waals surface area contributed by atoms with E-state index in [1.807, 2.05) is 170 Å². The summed E-state index contributed by atoms with van der Waals surface area (Å²) in [6.45, 7) is 0.531. The third kappa shape index (κ3) is 14.3. The number of imidazole rings is 1. The van der Waals surface area contributed by atoms with Crippen LogP contribution >= 0.6 is 7.75 Å². The van der Waals surface area contributed by atoms with Crippen LogP contribution in [0.2, 0.25) is 0 Å². The number of terminal acetylenes is 1. The van der Waals surface area contributed by atoms with Crippen LogP contribution in [0.4, 0.5) is 10.2 Å². The van der Waals surface area contributed by atoms with Crippen molar-refractivity contribution in [1.82, 2.24) is 24.6 Å². The molecular weight excluding hydrogens is 1160 g/mol. The highest BCUT2D eigenvalue weighted by Crippen LogP contribution is 2.52. The van der Waals surface area contributed by atoms with Crippen molar-refractivity contribution in [2.75, 3.05) is 39.4 Å². The fraction of sp³-hybridized carbons (Fsp3) is 0.282. The van der Waals surface area contributed by atoms with Crippen LogP contribution in [-0.2, 0) is 55.0 Å². The van der Waals surface area contributed by atoms with Crippen molar-refractivity contribution < 1.29 is 56.4 Å². The van der Waals surface area contributed by atoms with E-state index in [0.29, 0.717) is 40.2 Å². The molecule has 0 aliphatic carbocycles. The van der Waals surface area contributed by atoms with Gasteiger partial charge in [-0.05, 0) is 76.1 Å². The molecule has 17 nitrogen and oxygen atoms in total. The summed E-state index contributed by atoms with van der Waals surface area (Å²) < 4.78 is 77.6. The Labute approximate surface area is 523 Å². The number of nitrogens with zero attached hydrogens (tertiary/aromatic N) is 4. The molecule has 5 atom stereocenters. The van der Waals surface area contributed by atoms with Crippen LogP contribution in [0.3, 0.4) is 0 Å². The van der Waals surface area contributed by atoms with Crippen LogP contribution in [0, 0.1) is 18.4 Å². The minimum absolute atomic E-state index is 0.000126. The van der Waals surface area contributed by atoms with E-state index < -0.39 is 74.1 Å². The molecule has 1 saturated heterocycles. The first-order chi connectivity index (χ1) is 43.9. The maximum atomic E-state index is 16.7. The second-order valence-corrected chi connectivity index (χ2v) is 23.6. The van der Waals surface area contributed by atoms with Crippen molar-refractivity contribution in [3.63, 3.8) is 0 Å². The van der Waals surface area contributed by atoms with Gasteiger partial charge in [0.15, 0.2) is 29.2 Å². The van der Waals surface area contributed by atoms with Crippen molar-refractivity contribution in [2.45, 2.75) is 93.4 Å². The lowest BCUT2D eigenvalue weighted by atomic mass is 9.77. The fourth-order valence-corrected chi connectivity index (χ4v) is 13.0. The van der Waals surface area contributed by atoms with Gasteiger partial charge in [0.05, 0.1) is 27.2 Å². The van der Waals surface area contributed by atoms with Gasteiger partial charge in [-0.25, -0.2) is 19.4 Å². The number of halogens is 1. The number of hydrogen-bond donors (Lipinski definition) is 3. The molecule has 464 valence electrons. The van der Waals surface area contributed by atoms with Crippen molar-refractivity contribution >= 4 is 36.7 Å². The van der Waals surface area contributed by atoms with Crippen molar-refractivity contribution in [3.8, 4) is 23.8 Å². The van der Waals surface area contributed by atoms with Crippen molar-refractivity contribution in [1.29, 1.82) is 0 Å². The Bertz CT molecular complexity index is 3810. The first-order valence-electron chi connectivity index (χ1n) is 30.0. The lowest BCUT2D eigenvalue weighted by molar-refractivity contribution is -0.147. The van der Waals surface area contributed by atoms with Crippen LogP contribution < -0.4 is 19.9 Å². The molecule has 7 aromatic carbocycles. The zero-order chi connectivity index (χ0) is 63.0. The molecule has 9 aromatic rings. The summed E-state index contributed by atoms with van der Waals surface area (Å²) in [5.74, 6) is 1.81. The molecule has 1 aliphatic rings. The Morgan fingerprint density at radius 1 is 0.722 bits per heavy atom. The highest BCUT2D eigenvalue weighted by molar-refractivity contribution is 7.51. The second-order valence-electron chi connectivity index (χ2n) is 21.8. The number of carboxylic acid groups (broad SMARTS) is 1. The molecule has 0 amide bonds. The summed E-state index contributed by atoms with van der Waals surface area (Å²) >= 11 is 0. The SMILES string of the molecule is C#C[C@]1(COP(=O)(N[C@@H](Cc2ccccc2)C(=O)O)OCC(=O)OCCCCCCCC)O[C@@H](n2cnc3c(NC(c4ccccc4)(c4ccccc4)c4ccc(OC)cc4)nc(F)nc32)C[C@@H]1OC(c1ccccc1)(c1ccccc1)c1ccc(OC)cc1. The molecule has 1 aliphatic heterocycles. The molecule has 0 bridgehead atoms. The maximum Gasteiger partial charge on any atom is 0.406 e. The zero-order valence-electron chi connectivity index (χ0n) is 50.4. The summed E-state index contributed by atoms with van der Waals surface area (Å²) in [7, 11) is -1.80. The molecule has 0 spiro atoms. The smallest absolute Gasteiger partial charge is 0.406 e. The standard InChI is InChI=1S/C71H72FN6O11P/c1-5-7-8-9-10-26-45-85-63(79)48-86-90(82,77-60(67(80)81)46-51-27-16-11-17-28-51)87-49-69(6-2)61(88-71(55-33-22-14-23-34-55,56-35-24-15-25-36-56)57-39-43-59(84-4)44-40-57)47-62(89-69)78-50-73-64-65(74-68(72)75-66(64)78)76-70(52-29-18-12-19-30-52,53-31-20-13-21-32-53)54-37-41-58(83-3)42-38-54/h2,11-25,27-44,50,60-62H,5,7-10,26,45-49H2,1,3-4H3,(H,77,82)(H,80,81)(H,74,75,76)/t60-,61-,62+,69+,90?/m0/s1. The van der Waals surface area contributed by atoms with Gasteiger partial charge in [-0.1, -0.05) is 221 Å². The predicted octanol–water partition coefficient (Wildman–Crippen LogP) is 13.4. The predicted molar refractivity (Wildman–Crippen MR) is 340 cm³/mol. The third-order valence-corrected chi connectivity index (χ3v) is 17.7. The number of carboxylic acids is 1. The number of methoxy groups -OCH3 is 2. The fourth-order valence-electron chi connectivity index (χ4n) is 11.5. The Balaban J connectivity index is 1.09. The first-order valence-corrected chi connectivity index (χ1v) is 31.5. The number of carbonyl (C=O) groups excluding carboxylic acids is 1. The molecule has 1 unspecified atom stereocenters. The summed E-state index contributed by atoms with van der Waals surface area (Å²) in [6, 6.07) is 60.4. The average molecular weight is 1240 g/mol. The Hall–Kier alpha value is -9.05. The zero-order valence-corrected chi connectivity index (χ0v) is 51.3. The number of nitrogens with one attached hydrogen (secondary N) is 2. The lowest BCUT2D eigenvalue weighted by Gasteiger charge is -2.41. The van der Waals surface area contributed by atoms with Crippen LogP contribution in [0.1, 0.15) is 97.0 Å². The molecule has 19 heteroatoms. The molecule has 3 heterocycles. The molecule has 10 rings (SSSR count). The molecule has 2 aromatic heterocycles. The van der Waals surface area contributed by atoms with E-state index in [1.165, 1.54) is 10.9 Å². The molecule has 1 fully saturated rings. The number of ether oxygens (including phenoxy) is 5. The number of benzene rings is 7. The van der Waals surface area contributed by atoms with Crippen LogP contribution in [0.25, 0.3) is 11.2 Å². The van der Waals surface area contributed by atoms with Gasteiger partial charge in [0, 0.05) is 6.42 Å². The first kappa shape index (κ1) is 64.0. The van der Waals surface area contributed by atoms with Gasteiger partial charge in [-0.3, -0.25) is 18.4 Å². The average Bonchev–Trinajstić information content (AvgIpc) is 1.30. The maximum absolute atomic E-state index is 16.7. The monoisotopic (exact) mass is 1230 g/mol. The lowest BCUT2D eigenvalue weighted by Crippen LogP contribution is -2.49. The normalized spacial score (nSPS) is 16.8. The van der Waals surface area contributed by atoms with Gasteiger partial charge in [0.25, 0.3) is 0 Å². The third-order valence-electron chi connectivity index (χ3n) is 16.1. The van der Waals surface area contributed by atoms with Gasteiger partial charge < -0.3 is 34.1 Å². The number of esters is 1. The van der Waals surface area contributed by atoms with Crippen LogP contribution in [0.15, 0.2) is 207 Å². The van der Waals surface area contributed by atoms with Gasteiger partial charge in [-0.2, -0.15) is 14.4 Å². The van der Waals surface area contributed by atoms with E-state index in [-0.39, 0.29) is 36.4 Å². The highest BCUT2D eigenvalue weighted by Gasteiger charge is 2.56. The summed E-state index contributed by atoms with van der Waals surface area (Å²) in [5.41, 5.74) is 0.262. The largest absolute Gasteiger partial charge is 0.497 e. The van der Waals surface area contributed by atoms with E-state index in [1.54, 1.807) is 44.6 Å². The quantitative estimate of drug-likeness (QED) is 0.00923. The minimum Gasteiger partial charge on any atom is -0.497 e. The summed E-state index contributed by atoms with van der Waals surface area (Å²) in [6.07, 6.45) is 10.0. The number of unbranched alkanes of at least 4 members (excludes halogenated alkanes) is 5. The summed E-state index contributed by atoms with van der Waals surface area (Å²) in [5, 5.41) is 17.0. The number of aromatic nitrogens is 4. The van der Waals surface area contributed by atoms with Gasteiger partial charge >= 0.3 is 25.8 Å². The van der Waals surface area contributed by atoms with Crippen molar-refractivity contribution in [3.05, 3.63) is 252 Å². The molecule has 3 N–H and O–H groups in total. The molecule has 0 radical (unpaired) electrons. The van der Waals surface area contributed by atoms with Crippen LogP contribution in [0.5, 0.6) is 11.5 Å². The van der Waals surface area contributed by atoms with E-state index in [0.717, 1.165) is 48.8 Å². The van der Waals surface area contributed by atoms with Crippen molar-refractivity contribution in [2.24, 2.45) is 0 Å². The van der Waals surface area contributed by atoms with E-state index in [4.69, 9.17) is 44.1 Å². The Kier molecular flexibility index (Phi) is 21.0. The summed E-state index contributed by atoms with van der Waals surface area (Å²) in [4.78, 5) is 40.2. The van der Waals surface area contributed by atoms with Crippen LogP contribution in [-0.4, -0.2) is 88.4 Å². The molecule has 90 heavy (non-hydrogen) atoms. The van der Waals surface area contributed by atoms with E-state index >= 15 is 8.96 Å². The minimum atomic E-state index is -4.96. The van der Waals surface area contributed by atoms with E-state index in [9.17, 15) is 14.7 Å². The second kappa shape index (κ2) is 29.5. The number of rotatable bonds is 31. The topological polar surface area (TPSA) is 204 Å². The molecule has 0 saturated carbocycles.